The lowest BCUT2D eigenvalue weighted by molar-refractivity contribution is -0.434. The van der Waals surface area contributed by atoms with E-state index >= 15 is 0 Å². The van der Waals surface area contributed by atoms with E-state index in [1.807, 2.05) is 31.2 Å². The first kappa shape index (κ1) is 8.63. The summed E-state index contributed by atoms with van der Waals surface area (Å²) in [5.74, 6) is 0. The monoisotopic (exact) mass is 194 g/mol. The summed E-state index contributed by atoms with van der Waals surface area (Å²) in [5, 5.41) is 0.948. The number of fused-ring (bicyclic) bond motifs is 1. The summed E-state index contributed by atoms with van der Waals surface area (Å²) in [7, 11) is -0.930. The maximum Gasteiger partial charge on any atom is 0.248 e. The van der Waals surface area contributed by atoms with Crippen LogP contribution in [0, 0.1) is 0 Å². The second kappa shape index (κ2) is 3.07. The molecule has 0 aliphatic carbocycles. The summed E-state index contributed by atoms with van der Waals surface area (Å²) >= 11 is 0. The van der Waals surface area contributed by atoms with Gasteiger partial charge in [0, 0.05) is 13.0 Å². The maximum absolute atomic E-state index is 11.8. The Labute approximate surface area is 80.4 Å². The molecule has 0 saturated carbocycles. The zero-order chi connectivity index (χ0) is 9.42. The molecule has 0 spiro atoms. The third kappa shape index (κ3) is 1.15. The van der Waals surface area contributed by atoms with Crippen LogP contribution in [-0.4, -0.2) is 20.4 Å². The van der Waals surface area contributed by atoms with E-state index in [1.54, 1.807) is 0 Å². The first-order valence-corrected chi connectivity index (χ1v) is 5.52. The molecule has 1 heterocycles. The van der Waals surface area contributed by atoms with Crippen molar-refractivity contribution in [2.45, 2.75) is 18.7 Å². The van der Waals surface area contributed by atoms with E-state index in [2.05, 4.69) is 11.5 Å². The molecule has 0 fully saturated rings. The molecule has 1 aliphatic rings. The molecule has 0 radical (unpaired) electrons. The predicted octanol–water partition coefficient (Wildman–Crippen LogP) is 1.89. The summed E-state index contributed by atoms with van der Waals surface area (Å²) in [6, 6.07) is 7.87. The molecule has 0 saturated heterocycles. The van der Waals surface area contributed by atoms with Gasteiger partial charge in [0.2, 0.25) is 10.7 Å². The average molecular weight is 194 g/mol. The minimum absolute atomic E-state index is 0.884. The van der Waals surface area contributed by atoms with Gasteiger partial charge < -0.3 is 0 Å². The van der Waals surface area contributed by atoms with Crippen molar-refractivity contribution in [3.63, 3.8) is 0 Å². The molecule has 1 unspecified atom stereocenters. The van der Waals surface area contributed by atoms with E-state index in [0.717, 1.165) is 22.2 Å². The van der Waals surface area contributed by atoms with Gasteiger partial charge in [-0.3, -0.25) is 0 Å². The Morgan fingerprint density at radius 2 is 2.08 bits per heavy atom. The van der Waals surface area contributed by atoms with E-state index in [0.29, 0.717) is 0 Å². The van der Waals surface area contributed by atoms with Crippen molar-refractivity contribution in [2.75, 3.05) is 6.54 Å². The van der Waals surface area contributed by atoms with Gasteiger partial charge in [0.25, 0.3) is 0 Å². The molecular formula is C10H12NOS+. The zero-order valence-corrected chi connectivity index (χ0v) is 8.60. The van der Waals surface area contributed by atoms with E-state index in [-0.39, 0.29) is 0 Å². The first-order chi connectivity index (χ1) is 6.25. The average Bonchev–Trinajstić information content (AvgIpc) is 2.41. The van der Waals surface area contributed by atoms with Crippen molar-refractivity contribution in [2.24, 2.45) is 0 Å². The van der Waals surface area contributed by atoms with Crippen molar-refractivity contribution in [3.8, 4) is 0 Å². The molecule has 68 valence electrons. The molecular weight excluding hydrogens is 182 g/mol. The van der Waals surface area contributed by atoms with E-state index in [1.165, 1.54) is 0 Å². The lowest BCUT2D eigenvalue weighted by atomic mass is 10.3. The van der Waals surface area contributed by atoms with Gasteiger partial charge >= 0.3 is 0 Å². The van der Waals surface area contributed by atoms with Crippen molar-refractivity contribution in [3.05, 3.63) is 24.3 Å². The Morgan fingerprint density at radius 1 is 1.38 bits per heavy atom. The van der Waals surface area contributed by atoms with E-state index in [4.69, 9.17) is 0 Å². The minimum Gasteiger partial charge on any atom is -0.243 e. The molecule has 1 atom stereocenters. The highest BCUT2D eigenvalue weighted by molar-refractivity contribution is 8.00. The number of para-hydroxylation sites is 1. The van der Waals surface area contributed by atoms with Gasteiger partial charge in [-0.05, 0) is 13.0 Å². The number of benzene rings is 1. The second-order valence-electron chi connectivity index (χ2n) is 3.00. The quantitative estimate of drug-likeness (QED) is 0.625. The SMILES string of the molecule is CC[N+]1=C(C)S(=O)c2ccccc21. The van der Waals surface area contributed by atoms with Crippen molar-refractivity contribution >= 4 is 21.5 Å². The van der Waals surface area contributed by atoms with Crippen molar-refractivity contribution in [1.82, 2.24) is 0 Å². The predicted molar refractivity (Wildman–Crippen MR) is 54.0 cm³/mol. The van der Waals surface area contributed by atoms with Crippen LogP contribution in [-0.2, 0) is 10.8 Å². The minimum atomic E-state index is -0.930. The molecule has 1 aliphatic heterocycles. The number of hydrogen-bond acceptors (Lipinski definition) is 1. The van der Waals surface area contributed by atoms with Crippen LogP contribution in [0.25, 0.3) is 0 Å². The van der Waals surface area contributed by atoms with Crippen LogP contribution in [0.3, 0.4) is 0 Å². The van der Waals surface area contributed by atoms with E-state index < -0.39 is 10.8 Å². The standard InChI is InChI=1S/C10H12NOS/c1-3-11-8(2)13(12)10-7-5-4-6-9(10)11/h4-7H,3H2,1-2H3/q+1. The van der Waals surface area contributed by atoms with Gasteiger partial charge in [-0.1, -0.05) is 12.1 Å². The molecule has 0 bridgehead atoms. The second-order valence-corrected chi connectivity index (χ2v) is 4.57. The molecule has 1 aromatic rings. The molecule has 2 nitrogen and oxygen atoms in total. The third-order valence-corrected chi connectivity index (χ3v) is 3.82. The van der Waals surface area contributed by atoms with Gasteiger partial charge in [0.1, 0.15) is 11.4 Å². The smallest absolute Gasteiger partial charge is 0.243 e. The normalized spacial score (nSPS) is 20.6. The van der Waals surface area contributed by atoms with Crippen LogP contribution < -0.4 is 0 Å². The largest absolute Gasteiger partial charge is 0.248 e. The van der Waals surface area contributed by atoms with Crippen LogP contribution in [0.2, 0.25) is 0 Å². The summed E-state index contributed by atoms with van der Waals surface area (Å²) in [4.78, 5) is 0.946. The lowest BCUT2D eigenvalue weighted by Gasteiger charge is -1.94. The van der Waals surface area contributed by atoms with Crippen LogP contribution in [0.5, 0.6) is 0 Å². The zero-order valence-electron chi connectivity index (χ0n) is 7.78. The van der Waals surface area contributed by atoms with Crippen LogP contribution in [0.15, 0.2) is 29.2 Å². The molecule has 0 amide bonds. The fourth-order valence-electron chi connectivity index (χ4n) is 1.66. The summed E-state index contributed by atoms with van der Waals surface area (Å²) in [5.41, 5.74) is 1.10. The number of rotatable bonds is 1. The first-order valence-electron chi connectivity index (χ1n) is 4.37. The van der Waals surface area contributed by atoms with Crippen LogP contribution in [0.1, 0.15) is 13.8 Å². The molecule has 3 heteroatoms. The molecule has 1 aromatic carbocycles. The summed E-state index contributed by atoms with van der Waals surface area (Å²) < 4.78 is 13.9. The Hall–Kier alpha value is -0.960. The Bertz CT molecular complexity index is 409. The van der Waals surface area contributed by atoms with Gasteiger partial charge in [-0.15, -0.1) is 0 Å². The molecule has 13 heavy (non-hydrogen) atoms. The Kier molecular flexibility index (Phi) is 2.04. The maximum atomic E-state index is 11.8. The number of nitrogens with zero attached hydrogens (tertiary/aromatic N) is 1. The van der Waals surface area contributed by atoms with Gasteiger partial charge in [-0.25, -0.2) is 4.21 Å². The van der Waals surface area contributed by atoms with E-state index in [9.17, 15) is 4.21 Å². The van der Waals surface area contributed by atoms with Crippen LogP contribution >= 0.6 is 0 Å². The summed E-state index contributed by atoms with van der Waals surface area (Å²) in [6.45, 7) is 4.89. The molecule has 2 rings (SSSR count). The van der Waals surface area contributed by atoms with Gasteiger partial charge in [0.05, 0.1) is 0 Å². The highest BCUT2D eigenvalue weighted by atomic mass is 32.2. The van der Waals surface area contributed by atoms with Gasteiger partial charge in [0.15, 0.2) is 10.8 Å². The topological polar surface area (TPSA) is 20.1 Å². The fraction of sp³-hybridized carbons (Fsp3) is 0.300. The van der Waals surface area contributed by atoms with Gasteiger partial charge in [-0.2, -0.15) is 4.58 Å². The van der Waals surface area contributed by atoms with Crippen molar-refractivity contribution < 1.29 is 8.78 Å². The number of hydrogen-bond donors (Lipinski definition) is 0. The van der Waals surface area contributed by atoms with Crippen LogP contribution in [0.4, 0.5) is 5.69 Å². The lowest BCUT2D eigenvalue weighted by Crippen LogP contribution is -2.10. The third-order valence-electron chi connectivity index (χ3n) is 2.32. The highest BCUT2D eigenvalue weighted by Gasteiger charge is 2.32. The van der Waals surface area contributed by atoms with Crippen molar-refractivity contribution in [1.29, 1.82) is 0 Å². The fourth-order valence-corrected chi connectivity index (χ4v) is 2.97. The Morgan fingerprint density at radius 3 is 2.77 bits per heavy atom. The molecule has 0 N–H and O–H groups in total. The molecule has 0 aromatic heterocycles. The highest BCUT2D eigenvalue weighted by Crippen LogP contribution is 2.28. The Balaban J connectivity index is 2.67. The summed E-state index contributed by atoms with van der Waals surface area (Å²) in [6.07, 6.45) is 0.